The highest BCUT2D eigenvalue weighted by atomic mass is 32.2. The predicted octanol–water partition coefficient (Wildman–Crippen LogP) is 5.01. The third-order valence-corrected chi connectivity index (χ3v) is 4.72. The lowest BCUT2D eigenvalue weighted by atomic mass is 10.0. The van der Waals surface area contributed by atoms with Crippen LogP contribution < -0.4 is 0 Å². The summed E-state index contributed by atoms with van der Waals surface area (Å²) in [6.07, 6.45) is 0. The average molecular weight is 323 g/mol. The van der Waals surface area contributed by atoms with Crippen LogP contribution in [0.4, 0.5) is 0 Å². The summed E-state index contributed by atoms with van der Waals surface area (Å²) >= 11 is 1.35. The van der Waals surface area contributed by atoms with E-state index in [2.05, 4.69) is 4.98 Å². The Hall–Kier alpha value is -2.33. The third kappa shape index (κ3) is 3.54. The molecule has 3 nitrogen and oxygen atoms in total. The van der Waals surface area contributed by atoms with Crippen molar-refractivity contribution < 1.29 is 9.21 Å². The van der Waals surface area contributed by atoms with Crippen LogP contribution in [0, 0.1) is 13.8 Å². The van der Waals surface area contributed by atoms with Crippen molar-refractivity contribution in [3.8, 4) is 0 Å². The van der Waals surface area contributed by atoms with E-state index in [1.807, 2.05) is 74.5 Å². The number of rotatable bonds is 5. The molecule has 23 heavy (non-hydrogen) atoms. The summed E-state index contributed by atoms with van der Waals surface area (Å²) in [6, 6.07) is 19.1. The first-order valence-electron chi connectivity index (χ1n) is 7.40. The Labute approximate surface area is 139 Å². The van der Waals surface area contributed by atoms with Crippen LogP contribution in [0.2, 0.25) is 0 Å². The number of ketones is 1. The number of aryl methyl sites for hydroxylation is 2. The molecule has 1 heterocycles. The van der Waals surface area contributed by atoms with Crippen LogP contribution in [0.3, 0.4) is 0 Å². The first kappa shape index (κ1) is 15.6. The van der Waals surface area contributed by atoms with Crippen LogP contribution in [-0.4, -0.2) is 10.8 Å². The number of Topliss-reactive ketones (excluding diaryl/α,β-unsaturated/α-hetero) is 1. The molecule has 0 fully saturated rings. The van der Waals surface area contributed by atoms with E-state index < -0.39 is 0 Å². The molecular weight excluding hydrogens is 306 g/mol. The smallest absolute Gasteiger partial charge is 0.257 e. The standard InChI is InChI=1S/C19H17NO2S/c1-13-14(2)22-19(20-13)23-18(16-11-7-4-8-12-16)17(21)15-9-5-3-6-10-15/h3-12,18H,1-2H3/t18-/m0/s1. The summed E-state index contributed by atoms with van der Waals surface area (Å²) in [5, 5.41) is 0.147. The van der Waals surface area contributed by atoms with Gasteiger partial charge in [-0.15, -0.1) is 0 Å². The predicted molar refractivity (Wildman–Crippen MR) is 91.8 cm³/mol. The molecule has 0 aliphatic heterocycles. The Kier molecular flexibility index (Phi) is 4.63. The van der Waals surface area contributed by atoms with Gasteiger partial charge in [0, 0.05) is 5.56 Å². The quantitative estimate of drug-likeness (QED) is 0.489. The molecule has 116 valence electrons. The van der Waals surface area contributed by atoms with Crippen molar-refractivity contribution in [1.82, 2.24) is 4.98 Å². The van der Waals surface area contributed by atoms with Crippen molar-refractivity contribution in [2.24, 2.45) is 0 Å². The molecule has 2 aromatic carbocycles. The fourth-order valence-corrected chi connectivity index (χ4v) is 3.35. The Morgan fingerprint density at radius 3 is 2.17 bits per heavy atom. The molecule has 1 atom stereocenters. The maximum atomic E-state index is 13.0. The normalized spacial score (nSPS) is 12.1. The number of oxazole rings is 1. The molecule has 1 aromatic heterocycles. The number of hydrogen-bond donors (Lipinski definition) is 0. The fourth-order valence-electron chi connectivity index (χ4n) is 2.25. The Bertz CT molecular complexity index is 777. The van der Waals surface area contributed by atoms with Gasteiger partial charge in [0.1, 0.15) is 11.0 Å². The molecule has 3 aromatic rings. The topological polar surface area (TPSA) is 43.1 Å². The summed E-state index contributed by atoms with van der Waals surface area (Å²) in [7, 11) is 0. The van der Waals surface area contributed by atoms with Gasteiger partial charge in [0.05, 0.1) is 5.69 Å². The van der Waals surface area contributed by atoms with E-state index >= 15 is 0 Å². The number of carbonyl (C=O) groups is 1. The van der Waals surface area contributed by atoms with Crippen LogP contribution in [0.15, 0.2) is 70.3 Å². The number of carbonyl (C=O) groups excluding carboxylic acids is 1. The largest absolute Gasteiger partial charge is 0.437 e. The van der Waals surface area contributed by atoms with Crippen molar-refractivity contribution in [3.63, 3.8) is 0 Å². The van der Waals surface area contributed by atoms with Gasteiger partial charge in [-0.1, -0.05) is 72.4 Å². The second kappa shape index (κ2) is 6.84. The van der Waals surface area contributed by atoms with Gasteiger partial charge in [0.2, 0.25) is 0 Å². The number of hydrogen-bond acceptors (Lipinski definition) is 4. The molecule has 0 saturated heterocycles. The number of benzene rings is 2. The fraction of sp³-hybridized carbons (Fsp3) is 0.158. The van der Waals surface area contributed by atoms with Crippen LogP contribution in [0.1, 0.15) is 32.6 Å². The molecule has 0 bridgehead atoms. The Morgan fingerprint density at radius 2 is 1.61 bits per heavy atom. The van der Waals surface area contributed by atoms with E-state index in [1.165, 1.54) is 11.8 Å². The van der Waals surface area contributed by atoms with E-state index in [-0.39, 0.29) is 11.0 Å². The van der Waals surface area contributed by atoms with Crippen molar-refractivity contribution in [3.05, 3.63) is 83.2 Å². The molecule has 0 aliphatic carbocycles. The van der Waals surface area contributed by atoms with E-state index in [0.717, 1.165) is 17.0 Å². The van der Waals surface area contributed by atoms with E-state index in [9.17, 15) is 4.79 Å². The van der Waals surface area contributed by atoms with Crippen molar-refractivity contribution in [1.29, 1.82) is 0 Å². The van der Waals surface area contributed by atoms with Gasteiger partial charge in [-0.05, 0) is 19.4 Å². The molecule has 0 aliphatic rings. The zero-order valence-electron chi connectivity index (χ0n) is 13.0. The minimum absolute atomic E-state index is 0.0512. The van der Waals surface area contributed by atoms with Crippen LogP contribution >= 0.6 is 11.8 Å². The van der Waals surface area contributed by atoms with Crippen LogP contribution in [0.25, 0.3) is 0 Å². The van der Waals surface area contributed by atoms with Crippen molar-refractivity contribution >= 4 is 17.5 Å². The monoisotopic (exact) mass is 323 g/mol. The molecule has 0 N–H and O–H groups in total. The Morgan fingerprint density at radius 1 is 1.00 bits per heavy atom. The highest BCUT2D eigenvalue weighted by Crippen LogP contribution is 2.37. The van der Waals surface area contributed by atoms with Gasteiger partial charge in [-0.3, -0.25) is 4.79 Å². The lowest BCUT2D eigenvalue weighted by molar-refractivity contribution is 0.0989. The molecule has 0 radical (unpaired) electrons. The molecular formula is C19H17NO2S. The SMILES string of the molecule is Cc1nc(S[C@H](C(=O)c2ccccc2)c2ccccc2)oc1C. The minimum Gasteiger partial charge on any atom is -0.437 e. The molecule has 0 unspecified atom stereocenters. The first-order chi connectivity index (χ1) is 11.1. The summed E-state index contributed by atoms with van der Waals surface area (Å²) in [6.45, 7) is 3.78. The zero-order chi connectivity index (χ0) is 16.2. The van der Waals surface area contributed by atoms with E-state index in [0.29, 0.717) is 10.8 Å². The highest BCUT2D eigenvalue weighted by Gasteiger charge is 2.25. The maximum absolute atomic E-state index is 13.0. The van der Waals surface area contributed by atoms with Gasteiger partial charge >= 0.3 is 0 Å². The van der Waals surface area contributed by atoms with Crippen LogP contribution in [-0.2, 0) is 0 Å². The maximum Gasteiger partial charge on any atom is 0.257 e. The van der Waals surface area contributed by atoms with E-state index in [1.54, 1.807) is 0 Å². The molecule has 0 saturated carbocycles. The Balaban J connectivity index is 1.95. The number of thioether (sulfide) groups is 1. The van der Waals surface area contributed by atoms with Gasteiger partial charge in [-0.25, -0.2) is 4.98 Å². The molecule has 0 spiro atoms. The van der Waals surface area contributed by atoms with Crippen LogP contribution in [0.5, 0.6) is 0 Å². The summed E-state index contributed by atoms with van der Waals surface area (Å²) < 4.78 is 5.65. The van der Waals surface area contributed by atoms with Crippen molar-refractivity contribution in [2.75, 3.05) is 0 Å². The third-order valence-electron chi connectivity index (χ3n) is 3.63. The highest BCUT2D eigenvalue weighted by molar-refractivity contribution is 8.00. The lowest BCUT2D eigenvalue weighted by Gasteiger charge is -2.14. The summed E-state index contributed by atoms with van der Waals surface area (Å²) in [4.78, 5) is 17.3. The minimum atomic E-state index is -0.379. The summed E-state index contributed by atoms with van der Waals surface area (Å²) in [5.41, 5.74) is 2.49. The second-order valence-corrected chi connectivity index (χ2v) is 6.32. The second-order valence-electron chi connectivity index (χ2n) is 5.26. The van der Waals surface area contributed by atoms with Gasteiger partial charge in [0.25, 0.3) is 5.22 Å². The number of aromatic nitrogens is 1. The number of nitrogens with zero attached hydrogens (tertiary/aromatic N) is 1. The first-order valence-corrected chi connectivity index (χ1v) is 8.28. The van der Waals surface area contributed by atoms with E-state index in [4.69, 9.17) is 4.42 Å². The van der Waals surface area contributed by atoms with Gasteiger partial charge in [0.15, 0.2) is 5.78 Å². The average Bonchev–Trinajstić information content (AvgIpc) is 2.91. The molecule has 0 amide bonds. The zero-order valence-corrected chi connectivity index (χ0v) is 13.8. The summed E-state index contributed by atoms with van der Waals surface area (Å²) in [5.74, 6) is 0.835. The lowest BCUT2D eigenvalue weighted by Crippen LogP contribution is -2.10. The molecule has 4 heteroatoms. The van der Waals surface area contributed by atoms with Crippen molar-refractivity contribution in [2.45, 2.75) is 24.3 Å². The molecule has 3 rings (SSSR count). The van der Waals surface area contributed by atoms with Gasteiger partial charge < -0.3 is 4.42 Å². The van der Waals surface area contributed by atoms with Gasteiger partial charge in [-0.2, -0.15) is 0 Å².